The number of benzene rings is 2. The summed E-state index contributed by atoms with van der Waals surface area (Å²) >= 11 is 0. The molecule has 0 saturated carbocycles. The van der Waals surface area contributed by atoms with Crippen LogP contribution in [0.4, 0.5) is 0 Å². The molecule has 1 saturated heterocycles. The largest absolute Gasteiger partial charge is 0.384 e. The van der Waals surface area contributed by atoms with Gasteiger partial charge in [0, 0.05) is 12.1 Å². The Morgan fingerprint density at radius 1 is 1.21 bits per heavy atom. The molecule has 0 aromatic heterocycles. The van der Waals surface area contributed by atoms with Crippen LogP contribution in [0.15, 0.2) is 47.4 Å². The van der Waals surface area contributed by atoms with Crippen LogP contribution in [0.25, 0.3) is 0 Å². The molecule has 0 bridgehead atoms. The Morgan fingerprint density at radius 3 is 2.58 bits per heavy atom. The van der Waals surface area contributed by atoms with Gasteiger partial charge < -0.3 is 15.8 Å². The molecule has 1 unspecified atom stereocenters. The first-order valence-corrected chi connectivity index (χ1v) is 11.8. The van der Waals surface area contributed by atoms with E-state index >= 15 is 0 Å². The lowest BCUT2D eigenvalue weighted by atomic mass is 10.1. The summed E-state index contributed by atoms with van der Waals surface area (Å²) in [5, 5.41) is 11.1. The van der Waals surface area contributed by atoms with Crippen molar-refractivity contribution >= 4 is 27.7 Å². The topological polar surface area (TPSA) is 155 Å². The highest BCUT2D eigenvalue weighted by molar-refractivity contribution is 7.89. The molecule has 2 aromatic rings. The van der Waals surface area contributed by atoms with Crippen molar-refractivity contribution in [3.8, 4) is 0 Å². The van der Waals surface area contributed by atoms with Gasteiger partial charge in [0.15, 0.2) is 0 Å². The normalized spacial score (nSPS) is 16.5. The summed E-state index contributed by atoms with van der Waals surface area (Å²) in [5.41, 5.74) is 8.13. The molecule has 3 rings (SSSR count). The highest BCUT2D eigenvalue weighted by Gasteiger charge is 2.34. The van der Waals surface area contributed by atoms with Crippen molar-refractivity contribution in [3.63, 3.8) is 0 Å². The molecule has 0 aliphatic carbocycles. The maximum absolute atomic E-state index is 12.8. The Morgan fingerprint density at radius 2 is 1.91 bits per heavy atom. The highest BCUT2D eigenvalue weighted by atomic mass is 32.2. The summed E-state index contributed by atoms with van der Waals surface area (Å²) in [6.07, 6.45) is -1.34. The maximum atomic E-state index is 12.8. The molecule has 1 atom stereocenters. The van der Waals surface area contributed by atoms with Crippen LogP contribution in [0.5, 0.6) is 0 Å². The van der Waals surface area contributed by atoms with E-state index in [-0.39, 0.29) is 36.8 Å². The summed E-state index contributed by atoms with van der Waals surface area (Å²) in [6.45, 7) is 3.80. The van der Waals surface area contributed by atoms with E-state index in [0.29, 0.717) is 11.1 Å². The first-order chi connectivity index (χ1) is 15.6. The number of ether oxygens (including phenoxy) is 1. The van der Waals surface area contributed by atoms with Crippen LogP contribution < -0.4 is 15.9 Å². The van der Waals surface area contributed by atoms with Crippen molar-refractivity contribution in [2.24, 2.45) is 5.73 Å². The van der Waals surface area contributed by atoms with E-state index in [0.717, 1.165) is 16.1 Å². The Balaban J connectivity index is 1.59. The third kappa shape index (κ3) is 6.15. The minimum atomic E-state index is -3.98. The Bertz CT molecular complexity index is 1160. The summed E-state index contributed by atoms with van der Waals surface area (Å²) < 4.78 is 31.1. The SMILES string of the molecule is Cc1ccc(C)c(S(=O)(=O)NN2CCOC(CC(=O)NCc3ccc(C(=N)N)cc3)C2=O)c1. The zero-order chi connectivity index (χ0) is 24.2. The van der Waals surface area contributed by atoms with Gasteiger partial charge in [0.2, 0.25) is 5.91 Å². The van der Waals surface area contributed by atoms with Gasteiger partial charge in [-0.1, -0.05) is 36.4 Å². The summed E-state index contributed by atoms with van der Waals surface area (Å²) in [6, 6.07) is 11.9. The Labute approximate surface area is 192 Å². The number of carbonyl (C=O) groups is 2. The molecule has 2 amide bonds. The number of hydrogen-bond donors (Lipinski definition) is 4. The second-order valence-electron chi connectivity index (χ2n) is 7.80. The van der Waals surface area contributed by atoms with Crippen molar-refractivity contribution in [3.05, 3.63) is 64.7 Å². The van der Waals surface area contributed by atoms with Crippen LogP contribution in [0, 0.1) is 19.3 Å². The lowest BCUT2D eigenvalue weighted by Gasteiger charge is -2.32. The summed E-state index contributed by atoms with van der Waals surface area (Å²) in [4.78, 5) is 27.5. The first kappa shape index (κ1) is 24.4. The second kappa shape index (κ2) is 10.1. The van der Waals surface area contributed by atoms with E-state index in [4.69, 9.17) is 15.9 Å². The van der Waals surface area contributed by atoms with Gasteiger partial charge in [-0.15, -0.1) is 4.83 Å². The molecule has 0 radical (unpaired) electrons. The van der Waals surface area contributed by atoms with Gasteiger partial charge in [0.1, 0.15) is 11.9 Å². The summed E-state index contributed by atoms with van der Waals surface area (Å²) in [7, 11) is -3.98. The molecular weight excluding hydrogens is 446 g/mol. The molecule has 0 spiro atoms. The second-order valence-corrected chi connectivity index (χ2v) is 9.43. The van der Waals surface area contributed by atoms with Crippen LogP contribution in [0.2, 0.25) is 0 Å². The quantitative estimate of drug-likeness (QED) is 0.327. The van der Waals surface area contributed by atoms with Crippen molar-refractivity contribution in [1.82, 2.24) is 15.2 Å². The predicted octanol–water partition coefficient (Wildman–Crippen LogP) is 0.715. The number of rotatable bonds is 8. The smallest absolute Gasteiger partial charge is 0.267 e. The van der Waals surface area contributed by atoms with E-state index in [2.05, 4.69) is 10.1 Å². The fourth-order valence-corrected chi connectivity index (χ4v) is 4.72. The highest BCUT2D eigenvalue weighted by Crippen LogP contribution is 2.18. The Kier molecular flexibility index (Phi) is 7.46. The molecule has 11 heteroatoms. The fourth-order valence-electron chi connectivity index (χ4n) is 3.31. The maximum Gasteiger partial charge on any atom is 0.267 e. The number of nitrogens with two attached hydrogens (primary N) is 1. The van der Waals surface area contributed by atoms with Gasteiger partial charge in [-0.3, -0.25) is 20.0 Å². The van der Waals surface area contributed by atoms with E-state index in [9.17, 15) is 18.0 Å². The number of aryl methyl sites for hydroxylation is 2. The predicted molar refractivity (Wildman–Crippen MR) is 122 cm³/mol. The monoisotopic (exact) mass is 473 g/mol. The lowest BCUT2D eigenvalue weighted by Crippen LogP contribution is -2.56. The number of morpholine rings is 1. The van der Waals surface area contributed by atoms with Gasteiger partial charge >= 0.3 is 0 Å². The number of nitrogens with one attached hydrogen (secondary N) is 3. The zero-order valence-electron chi connectivity index (χ0n) is 18.4. The van der Waals surface area contributed by atoms with E-state index in [1.807, 2.05) is 0 Å². The third-order valence-electron chi connectivity index (χ3n) is 5.16. The molecule has 1 aliphatic rings. The van der Waals surface area contributed by atoms with Gasteiger partial charge in [-0.05, 0) is 36.6 Å². The molecule has 10 nitrogen and oxygen atoms in total. The fraction of sp³-hybridized carbons (Fsp3) is 0.318. The van der Waals surface area contributed by atoms with Crippen molar-refractivity contribution in [2.45, 2.75) is 37.8 Å². The average molecular weight is 474 g/mol. The number of amidine groups is 1. The van der Waals surface area contributed by atoms with Gasteiger partial charge in [0.05, 0.1) is 24.5 Å². The molecule has 33 heavy (non-hydrogen) atoms. The Hall–Kier alpha value is -3.28. The van der Waals surface area contributed by atoms with E-state index in [1.54, 1.807) is 50.2 Å². The number of carbonyl (C=O) groups excluding carboxylic acids is 2. The summed E-state index contributed by atoms with van der Waals surface area (Å²) in [5.74, 6) is -1.09. The number of nitrogens with zero attached hydrogens (tertiary/aromatic N) is 1. The number of nitrogen functional groups attached to an aromatic ring is 1. The van der Waals surface area contributed by atoms with Gasteiger partial charge in [-0.2, -0.15) is 0 Å². The average Bonchev–Trinajstić information content (AvgIpc) is 2.77. The van der Waals surface area contributed by atoms with Crippen molar-refractivity contribution in [1.29, 1.82) is 5.41 Å². The lowest BCUT2D eigenvalue weighted by molar-refractivity contribution is -0.157. The number of sulfonamides is 1. The van der Waals surface area contributed by atoms with Crippen LogP contribution in [-0.2, 0) is 30.9 Å². The standard InChI is InChI=1S/C22H27N5O5S/c1-14-3-4-15(2)19(11-14)33(30,31)26-27-9-10-32-18(22(27)29)12-20(28)25-13-16-5-7-17(8-6-16)21(23)24/h3-8,11,18,26H,9-10,12-13H2,1-2H3,(H3,23,24)(H,25,28). The molecule has 1 aliphatic heterocycles. The molecule has 1 fully saturated rings. The number of hydrazine groups is 1. The third-order valence-corrected chi connectivity index (χ3v) is 6.64. The minimum absolute atomic E-state index is 0.0313. The molecule has 176 valence electrons. The van der Waals surface area contributed by atoms with Crippen LogP contribution in [0.3, 0.4) is 0 Å². The zero-order valence-corrected chi connectivity index (χ0v) is 19.2. The van der Waals surface area contributed by atoms with Crippen molar-refractivity contribution < 1.29 is 22.7 Å². The van der Waals surface area contributed by atoms with Gasteiger partial charge in [-0.25, -0.2) is 8.42 Å². The van der Waals surface area contributed by atoms with Crippen LogP contribution >= 0.6 is 0 Å². The van der Waals surface area contributed by atoms with Crippen LogP contribution in [-0.4, -0.2) is 50.3 Å². The molecule has 5 N–H and O–H groups in total. The van der Waals surface area contributed by atoms with Crippen LogP contribution in [0.1, 0.15) is 28.7 Å². The van der Waals surface area contributed by atoms with E-state index < -0.39 is 27.9 Å². The minimum Gasteiger partial charge on any atom is -0.384 e. The van der Waals surface area contributed by atoms with E-state index in [1.165, 1.54) is 6.07 Å². The molecule has 2 aromatic carbocycles. The van der Waals surface area contributed by atoms with Crippen molar-refractivity contribution in [2.75, 3.05) is 13.2 Å². The number of amides is 2. The molecule has 1 heterocycles. The number of hydrogen-bond acceptors (Lipinski definition) is 6. The molecular formula is C22H27N5O5S. The van der Waals surface area contributed by atoms with Gasteiger partial charge in [0.25, 0.3) is 15.9 Å². The first-order valence-electron chi connectivity index (χ1n) is 10.3.